The van der Waals surface area contributed by atoms with Crippen LogP contribution in [0.1, 0.15) is 25.3 Å². The Bertz CT molecular complexity index is 491. The van der Waals surface area contributed by atoms with Crippen molar-refractivity contribution in [2.75, 3.05) is 7.05 Å². The van der Waals surface area contributed by atoms with Gasteiger partial charge in [0, 0.05) is 7.05 Å². The molecule has 0 radical (unpaired) electrons. The molecule has 2 rings (SSSR count). The van der Waals surface area contributed by atoms with Gasteiger partial charge >= 0.3 is 6.09 Å². The SMILES string of the molecule is CN(C(=O)OCc1ccccc1)C(C)(C#N)C1CC1. The first-order valence-corrected chi connectivity index (χ1v) is 6.43. The molecule has 1 aliphatic rings. The number of nitrogens with zero attached hydrogens (tertiary/aromatic N) is 2. The number of ether oxygens (including phenoxy) is 1. The van der Waals surface area contributed by atoms with Crippen molar-refractivity contribution in [1.82, 2.24) is 4.90 Å². The number of amides is 1. The number of hydrogen-bond donors (Lipinski definition) is 0. The summed E-state index contributed by atoms with van der Waals surface area (Å²) in [6.07, 6.45) is 1.56. The summed E-state index contributed by atoms with van der Waals surface area (Å²) in [6.45, 7) is 2.03. The van der Waals surface area contributed by atoms with Gasteiger partial charge in [-0.3, -0.25) is 4.90 Å². The van der Waals surface area contributed by atoms with Crippen LogP contribution in [0.3, 0.4) is 0 Å². The average molecular weight is 258 g/mol. The molecule has 0 aliphatic heterocycles. The number of rotatable bonds is 4. The Balaban J connectivity index is 1.94. The van der Waals surface area contributed by atoms with Gasteiger partial charge < -0.3 is 4.74 Å². The minimum Gasteiger partial charge on any atom is -0.445 e. The van der Waals surface area contributed by atoms with E-state index in [1.807, 2.05) is 30.3 Å². The second-order valence-corrected chi connectivity index (χ2v) is 5.13. The lowest BCUT2D eigenvalue weighted by molar-refractivity contribution is 0.0745. The quantitative estimate of drug-likeness (QED) is 0.834. The number of carbonyl (C=O) groups is 1. The molecule has 1 atom stereocenters. The number of carbonyl (C=O) groups excluding carboxylic acids is 1. The molecule has 1 aliphatic carbocycles. The average Bonchev–Trinajstić information content (AvgIpc) is 3.29. The summed E-state index contributed by atoms with van der Waals surface area (Å²) >= 11 is 0. The molecule has 1 fully saturated rings. The minimum atomic E-state index is -0.756. The van der Waals surface area contributed by atoms with Gasteiger partial charge in [-0.15, -0.1) is 0 Å². The molecule has 1 aromatic rings. The van der Waals surface area contributed by atoms with Gasteiger partial charge in [0.15, 0.2) is 0 Å². The zero-order valence-corrected chi connectivity index (χ0v) is 11.3. The monoisotopic (exact) mass is 258 g/mol. The van der Waals surface area contributed by atoms with Gasteiger partial charge in [0.1, 0.15) is 12.1 Å². The summed E-state index contributed by atoms with van der Waals surface area (Å²) in [5, 5.41) is 9.30. The fraction of sp³-hybridized carbons (Fsp3) is 0.467. The van der Waals surface area contributed by atoms with Gasteiger partial charge in [-0.05, 0) is 31.2 Å². The van der Waals surface area contributed by atoms with Crippen molar-refractivity contribution in [2.45, 2.75) is 31.9 Å². The second kappa shape index (κ2) is 5.31. The highest BCUT2D eigenvalue weighted by atomic mass is 16.6. The van der Waals surface area contributed by atoms with Crippen LogP contribution in [0.4, 0.5) is 4.79 Å². The van der Waals surface area contributed by atoms with E-state index in [1.165, 1.54) is 4.90 Å². The van der Waals surface area contributed by atoms with E-state index in [2.05, 4.69) is 6.07 Å². The van der Waals surface area contributed by atoms with Crippen LogP contribution in [0.15, 0.2) is 30.3 Å². The van der Waals surface area contributed by atoms with Crippen LogP contribution in [0.5, 0.6) is 0 Å². The predicted molar refractivity (Wildman–Crippen MR) is 71.1 cm³/mol. The summed E-state index contributed by atoms with van der Waals surface area (Å²) in [5.74, 6) is 0.270. The third-order valence-electron chi connectivity index (χ3n) is 3.77. The Morgan fingerprint density at radius 1 is 1.47 bits per heavy atom. The largest absolute Gasteiger partial charge is 0.445 e. The van der Waals surface area contributed by atoms with Crippen molar-refractivity contribution in [3.8, 4) is 6.07 Å². The molecule has 1 amide bonds. The van der Waals surface area contributed by atoms with Crippen LogP contribution in [0.2, 0.25) is 0 Å². The molecule has 0 spiro atoms. The van der Waals surface area contributed by atoms with Gasteiger partial charge in [0.2, 0.25) is 0 Å². The van der Waals surface area contributed by atoms with E-state index in [4.69, 9.17) is 4.74 Å². The molecule has 0 bridgehead atoms. The highest BCUT2D eigenvalue weighted by Gasteiger charge is 2.47. The molecule has 0 N–H and O–H groups in total. The maximum atomic E-state index is 12.0. The smallest absolute Gasteiger partial charge is 0.411 e. The van der Waals surface area contributed by atoms with Crippen molar-refractivity contribution in [3.63, 3.8) is 0 Å². The Morgan fingerprint density at radius 3 is 2.63 bits per heavy atom. The Labute approximate surface area is 113 Å². The molecule has 19 heavy (non-hydrogen) atoms. The summed E-state index contributed by atoms with van der Waals surface area (Å²) in [4.78, 5) is 13.4. The van der Waals surface area contributed by atoms with E-state index in [0.29, 0.717) is 0 Å². The third kappa shape index (κ3) is 2.87. The molecule has 0 saturated heterocycles. The van der Waals surface area contributed by atoms with E-state index < -0.39 is 11.6 Å². The van der Waals surface area contributed by atoms with Gasteiger partial charge in [0.05, 0.1) is 6.07 Å². The highest BCUT2D eigenvalue weighted by molar-refractivity contribution is 5.69. The molecule has 0 heterocycles. The van der Waals surface area contributed by atoms with Gasteiger partial charge in [-0.1, -0.05) is 30.3 Å². The number of nitriles is 1. The molecule has 4 nitrogen and oxygen atoms in total. The van der Waals surface area contributed by atoms with Crippen LogP contribution >= 0.6 is 0 Å². The fourth-order valence-electron chi connectivity index (χ4n) is 2.09. The summed E-state index contributed by atoms with van der Waals surface area (Å²) < 4.78 is 5.25. The maximum absolute atomic E-state index is 12.0. The first-order valence-electron chi connectivity index (χ1n) is 6.43. The van der Waals surface area contributed by atoms with Crippen LogP contribution < -0.4 is 0 Å². The highest BCUT2D eigenvalue weighted by Crippen LogP contribution is 2.42. The van der Waals surface area contributed by atoms with Crippen molar-refractivity contribution in [1.29, 1.82) is 5.26 Å². The van der Waals surface area contributed by atoms with Crippen molar-refractivity contribution in [3.05, 3.63) is 35.9 Å². The van der Waals surface area contributed by atoms with E-state index in [0.717, 1.165) is 18.4 Å². The van der Waals surface area contributed by atoms with Crippen LogP contribution in [0, 0.1) is 17.2 Å². The summed E-state index contributed by atoms with van der Waals surface area (Å²) in [5.41, 5.74) is 0.183. The Kier molecular flexibility index (Phi) is 3.75. The first kappa shape index (κ1) is 13.4. The molecular weight excluding hydrogens is 240 g/mol. The van der Waals surface area contributed by atoms with Crippen molar-refractivity contribution < 1.29 is 9.53 Å². The number of benzene rings is 1. The molecule has 0 aromatic heterocycles. The van der Waals surface area contributed by atoms with Gasteiger partial charge in [0.25, 0.3) is 0 Å². The molecule has 1 unspecified atom stereocenters. The molecule has 1 saturated carbocycles. The predicted octanol–water partition coefficient (Wildman–Crippen LogP) is 2.95. The summed E-state index contributed by atoms with van der Waals surface area (Å²) in [7, 11) is 1.63. The van der Waals surface area contributed by atoms with Crippen molar-refractivity contribution >= 4 is 6.09 Å². The zero-order chi connectivity index (χ0) is 13.9. The van der Waals surface area contributed by atoms with E-state index in [9.17, 15) is 10.1 Å². The van der Waals surface area contributed by atoms with E-state index in [1.54, 1.807) is 14.0 Å². The Morgan fingerprint density at radius 2 is 2.11 bits per heavy atom. The van der Waals surface area contributed by atoms with Crippen LogP contribution in [0.25, 0.3) is 0 Å². The Hall–Kier alpha value is -2.02. The fourth-order valence-corrected chi connectivity index (χ4v) is 2.09. The zero-order valence-electron chi connectivity index (χ0n) is 11.3. The van der Waals surface area contributed by atoms with Crippen molar-refractivity contribution in [2.24, 2.45) is 5.92 Å². The van der Waals surface area contributed by atoms with E-state index >= 15 is 0 Å². The third-order valence-corrected chi connectivity index (χ3v) is 3.77. The normalized spacial score (nSPS) is 17.1. The second-order valence-electron chi connectivity index (χ2n) is 5.13. The lowest BCUT2D eigenvalue weighted by atomic mass is 9.96. The minimum absolute atomic E-state index is 0.232. The lowest BCUT2D eigenvalue weighted by Crippen LogP contribution is -2.48. The first-order chi connectivity index (χ1) is 9.08. The lowest BCUT2D eigenvalue weighted by Gasteiger charge is -2.32. The van der Waals surface area contributed by atoms with E-state index in [-0.39, 0.29) is 12.5 Å². The maximum Gasteiger partial charge on any atom is 0.411 e. The molecular formula is C15H18N2O2. The van der Waals surface area contributed by atoms with Gasteiger partial charge in [-0.2, -0.15) is 5.26 Å². The van der Waals surface area contributed by atoms with Crippen LogP contribution in [-0.2, 0) is 11.3 Å². The topological polar surface area (TPSA) is 53.3 Å². The van der Waals surface area contributed by atoms with Crippen LogP contribution in [-0.4, -0.2) is 23.6 Å². The standard InChI is InChI=1S/C15H18N2O2/c1-15(11-16,13-8-9-13)17(2)14(18)19-10-12-6-4-3-5-7-12/h3-7,13H,8-10H2,1-2H3. The molecule has 1 aromatic carbocycles. The van der Waals surface area contributed by atoms with Gasteiger partial charge in [-0.25, -0.2) is 4.79 Å². The molecule has 4 heteroatoms. The number of hydrogen-bond acceptors (Lipinski definition) is 3. The summed E-state index contributed by atoms with van der Waals surface area (Å²) in [6, 6.07) is 11.8. The molecule has 100 valence electrons.